The van der Waals surface area contributed by atoms with Gasteiger partial charge < -0.3 is 10.3 Å². The van der Waals surface area contributed by atoms with Crippen LogP contribution in [0.4, 0.5) is 0 Å². The number of aromatic nitrogens is 2. The average molecular weight is 217 g/mol. The first kappa shape index (κ1) is 11.1. The summed E-state index contributed by atoms with van der Waals surface area (Å²) in [4.78, 5) is 7.29. The highest BCUT2D eigenvalue weighted by molar-refractivity contribution is 5.75. The number of H-pyrrole nitrogens is 1. The third-order valence-electron chi connectivity index (χ3n) is 2.83. The molecule has 0 bridgehead atoms. The van der Waals surface area contributed by atoms with E-state index in [0.29, 0.717) is 0 Å². The van der Waals surface area contributed by atoms with Crippen LogP contribution in [0.15, 0.2) is 24.4 Å². The van der Waals surface area contributed by atoms with E-state index in [1.54, 1.807) is 6.20 Å². The topological polar surface area (TPSA) is 40.7 Å². The molecule has 1 atom stereocenters. The van der Waals surface area contributed by atoms with Crippen molar-refractivity contribution in [2.75, 3.05) is 6.54 Å². The van der Waals surface area contributed by atoms with Gasteiger partial charge in [0.15, 0.2) is 0 Å². The number of pyridine rings is 1. The Bertz CT molecular complexity index is 408. The predicted octanol–water partition coefficient (Wildman–Crippen LogP) is 2.63. The van der Waals surface area contributed by atoms with Crippen molar-refractivity contribution in [2.24, 2.45) is 0 Å². The summed E-state index contributed by atoms with van der Waals surface area (Å²) < 4.78 is 0. The Morgan fingerprint density at radius 1 is 1.44 bits per heavy atom. The Kier molecular flexibility index (Phi) is 3.57. The van der Waals surface area contributed by atoms with Crippen molar-refractivity contribution in [2.45, 2.75) is 32.7 Å². The van der Waals surface area contributed by atoms with Crippen LogP contribution in [-0.4, -0.2) is 22.6 Å². The molecule has 1 unspecified atom stereocenters. The van der Waals surface area contributed by atoms with Crippen molar-refractivity contribution in [3.8, 4) is 0 Å². The molecule has 3 rings (SSSR count). The lowest BCUT2D eigenvalue weighted by atomic mass is 10.3. The number of hydrogen-bond donors (Lipinski definition) is 2. The minimum absolute atomic E-state index is 0.796. The molecular weight excluding hydrogens is 198 g/mol. The Labute approximate surface area is 96.3 Å². The maximum atomic E-state index is 4.15. The van der Waals surface area contributed by atoms with Gasteiger partial charge in [0.25, 0.3) is 0 Å². The number of aromatic amines is 1. The number of fused-ring (bicyclic) bond motifs is 1. The van der Waals surface area contributed by atoms with Crippen LogP contribution >= 0.6 is 0 Å². The van der Waals surface area contributed by atoms with E-state index in [-0.39, 0.29) is 0 Å². The van der Waals surface area contributed by atoms with E-state index in [4.69, 9.17) is 0 Å². The molecule has 3 nitrogen and oxygen atoms in total. The average Bonchev–Trinajstić information content (AvgIpc) is 2.86. The Morgan fingerprint density at radius 3 is 2.88 bits per heavy atom. The molecule has 0 aliphatic carbocycles. The minimum atomic E-state index is 0.796. The zero-order valence-electron chi connectivity index (χ0n) is 9.96. The molecule has 1 aliphatic rings. The molecule has 0 aromatic carbocycles. The lowest BCUT2D eigenvalue weighted by Crippen LogP contribution is -2.16. The van der Waals surface area contributed by atoms with Crippen LogP contribution < -0.4 is 5.32 Å². The molecular formula is C13H19N3. The van der Waals surface area contributed by atoms with Gasteiger partial charge >= 0.3 is 0 Å². The van der Waals surface area contributed by atoms with E-state index in [2.05, 4.69) is 28.3 Å². The summed E-state index contributed by atoms with van der Waals surface area (Å²) in [6.07, 6.45) is 4.54. The first-order valence-electron chi connectivity index (χ1n) is 5.89. The first-order chi connectivity index (χ1) is 7.75. The second-order valence-corrected chi connectivity index (χ2v) is 4.39. The fourth-order valence-electron chi connectivity index (χ4n) is 1.95. The van der Waals surface area contributed by atoms with Gasteiger partial charge in [-0.05, 0) is 51.4 Å². The first-order valence-corrected chi connectivity index (χ1v) is 5.89. The van der Waals surface area contributed by atoms with Gasteiger partial charge in [0, 0.05) is 23.3 Å². The van der Waals surface area contributed by atoms with Crippen LogP contribution in [0.5, 0.6) is 0 Å². The van der Waals surface area contributed by atoms with Crippen molar-refractivity contribution in [3.05, 3.63) is 30.1 Å². The maximum absolute atomic E-state index is 4.15. The number of rotatable bonds is 0. The van der Waals surface area contributed by atoms with Crippen molar-refractivity contribution in [1.29, 1.82) is 0 Å². The molecule has 3 heteroatoms. The molecule has 0 saturated carbocycles. The zero-order chi connectivity index (χ0) is 11.4. The van der Waals surface area contributed by atoms with Gasteiger partial charge in [-0.1, -0.05) is 0 Å². The molecule has 1 saturated heterocycles. The Morgan fingerprint density at radius 2 is 2.31 bits per heavy atom. The summed E-state index contributed by atoms with van der Waals surface area (Å²) in [5, 5.41) is 4.50. The molecule has 3 heterocycles. The highest BCUT2D eigenvalue weighted by Crippen LogP contribution is 2.10. The fourth-order valence-corrected chi connectivity index (χ4v) is 1.95. The molecule has 2 N–H and O–H groups in total. The molecule has 86 valence electrons. The van der Waals surface area contributed by atoms with Gasteiger partial charge in [-0.25, -0.2) is 4.98 Å². The monoisotopic (exact) mass is 217 g/mol. The summed E-state index contributed by atoms with van der Waals surface area (Å²) in [6.45, 7) is 5.50. The van der Waals surface area contributed by atoms with Crippen molar-refractivity contribution in [1.82, 2.24) is 15.3 Å². The number of nitrogens with one attached hydrogen (secondary N) is 2. The number of aryl methyl sites for hydroxylation is 1. The second kappa shape index (κ2) is 5.12. The second-order valence-electron chi connectivity index (χ2n) is 4.39. The lowest BCUT2D eigenvalue weighted by Gasteiger charge is -1.95. The van der Waals surface area contributed by atoms with Gasteiger partial charge in [-0.2, -0.15) is 0 Å². The lowest BCUT2D eigenvalue weighted by molar-refractivity contribution is 0.664. The summed E-state index contributed by atoms with van der Waals surface area (Å²) in [5.74, 6) is 0. The van der Waals surface area contributed by atoms with Crippen LogP contribution in [0.1, 0.15) is 25.5 Å². The summed E-state index contributed by atoms with van der Waals surface area (Å²) in [5.41, 5.74) is 2.13. The van der Waals surface area contributed by atoms with Crippen molar-refractivity contribution in [3.63, 3.8) is 0 Å². The molecule has 1 fully saturated rings. The van der Waals surface area contributed by atoms with E-state index in [1.165, 1.54) is 24.8 Å². The number of hydrogen-bond acceptors (Lipinski definition) is 2. The molecule has 1 aliphatic heterocycles. The maximum Gasteiger partial charge on any atom is 0.137 e. The Hall–Kier alpha value is -1.35. The van der Waals surface area contributed by atoms with Crippen molar-refractivity contribution < 1.29 is 0 Å². The fraction of sp³-hybridized carbons (Fsp3) is 0.462. The van der Waals surface area contributed by atoms with E-state index >= 15 is 0 Å². The van der Waals surface area contributed by atoms with Gasteiger partial charge in [0.05, 0.1) is 0 Å². The molecule has 16 heavy (non-hydrogen) atoms. The molecule has 0 amide bonds. The molecule has 2 aromatic heterocycles. The molecule has 2 aromatic rings. The van der Waals surface area contributed by atoms with E-state index in [1.807, 2.05) is 19.1 Å². The van der Waals surface area contributed by atoms with Crippen LogP contribution in [0.25, 0.3) is 11.0 Å². The van der Waals surface area contributed by atoms with Gasteiger partial charge in [-0.3, -0.25) is 0 Å². The summed E-state index contributed by atoms with van der Waals surface area (Å²) in [6, 6.07) is 6.87. The smallest absolute Gasteiger partial charge is 0.137 e. The minimum Gasteiger partial charge on any atom is -0.344 e. The van der Waals surface area contributed by atoms with Crippen LogP contribution in [0, 0.1) is 6.92 Å². The van der Waals surface area contributed by atoms with Crippen LogP contribution in [-0.2, 0) is 0 Å². The van der Waals surface area contributed by atoms with Gasteiger partial charge in [0.2, 0.25) is 0 Å². The van der Waals surface area contributed by atoms with E-state index in [0.717, 1.165) is 17.4 Å². The number of nitrogens with zero attached hydrogens (tertiary/aromatic N) is 1. The van der Waals surface area contributed by atoms with Crippen LogP contribution in [0.3, 0.4) is 0 Å². The normalized spacial score (nSPS) is 19.5. The van der Waals surface area contributed by atoms with Gasteiger partial charge in [-0.15, -0.1) is 0 Å². The zero-order valence-corrected chi connectivity index (χ0v) is 9.96. The summed E-state index contributed by atoms with van der Waals surface area (Å²) >= 11 is 0. The highest BCUT2D eigenvalue weighted by atomic mass is 14.9. The quantitative estimate of drug-likeness (QED) is 0.712. The largest absolute Gasteiger partial charge is 0.344 e. The highest BCUT2D eigenvalue weighted by Gasteiger charge is 2.05. The van der Waals surface area contributed by atoms with E-state index in [9.17, 15) is 0 Å². The predicted molar refractivity (Wildman–Crippen MR) is 67.5 cm³/mol. The third-order valence-corrected chi connectivity index (χ3v) is 2.83. The van der Waals surface area contributed by atoms with Crippen LogP contribution in [0.2, 0.25) is 0 Å². The van der Waals surface area contributed by atoms with Crippen molar-refractivity contribution >= 4 is 11.0 Å². The third kappa shape index (κ3) is 2.83. The van der Waals surface area contributed by atoms with E-state index < -0.39 is 0 Å². The molecule has 0 radical (unpaired) electrons. The Balaban J connectivity index is 0.000000138. The SMILES string of the molecule is CC1CCCN1.Cc1cc2cccnc2[nH]1. The summed E-state index contributed by atoms with van der Waals surface area (Å²) in [7, 11) is 0. The molecule has 0 spiro atoms. The van der Waals surface area contributed by atoms with Gasteiger partial charge in [0.1, 0.15) is 5.65 Å². The standard InChI is InChI=1S/C8H8N2.C5H11N/c1-6-5-7-3-2-4-9-8(7)10-6;1-5-3-2-4-6-5/h2-5H,1H3,(H,9,10);5-6H,2-4H2,1H3.